The lowest BCUT2D eigenvalue weighted by molar-refractivity contribution is -0.148. The lowest BCUT2D eigenvalue weighted by atomic mass is 9.88. The van der Waals surface area contributed by atoms with Crippen LogP contribution in [-0.2, 0) is 53.7 Å². The van der Waals surface area contributed by atoms with Crippen LogP contribution in [0.25, 0.3) is 22.3 Å². The molecule has 5 atom stereocenters. The normalized spacial score (nSPS) is 20.8. The van der Waals surface area contributed by atoms with Gasteiger partial charge in [0.05, 0.1) is 120 Å². The lowest BCUT2D eigenvalue weighted by Crippen LogP contribution is -2.46. The Hall–Kier alpha value is -8.98. The third-order valence-electron chi connectivity index (χ3n) is 14.6. The van der Waals surface area contributed by atoms with Gasteiger partial charge in [0, 0.05) is 107 Å². The highest BCUT2D eigenvalue weighted by Gasteiger charge is 2.42. The first-order valence-corrected chi connectivity index (χ1v) is 32.9. The van der Waals surface area contributed by atoms with Gasteiger partial charge in [-0.3, -0.25) is 24.1 Å². The maximum Gasteiger partial charge on any atom is 0.344 e. The van der Waals surface area contributed by atoms with E-state index in [0.717, 1.165) is 47.4 Å². The van der Waals surface area contributed by atoms with Gasteiger partial charge in [-0.15, -0.1) is 26.3 Å². The minimum absolute atomic E-state index is 0.00167. The second-order valence-corrected chi connectivity index (χ2v) is 23.4. The summed E-state index contributed by atoms with van der Waals surface area (Å²) in [6, 6.07) is -0.263. The Morgan fingerprint density at radius 3 is 1.60 bits per heavy atom. The van der Waals surface area contributed by atoms with E-state index in [4.69, 9.17) is 36.6 Å². The van der Waals surface area contributed by atoms with Crippen molar-refractivity contribution < 1.29 is 80.1 Å². The predicted octanol–water partition coefficient (Wildman–Crippen LogP) is 2.21. The maximum atomic E-state index is 12.0. The molecule has 2 bridgehead atoms. The molecule has 1 saturated heterocycles. The standard InChI is InChI=1S/C13H17BN3O3.C12H15BN3O3.C12H13N3O3.C9H9BBrN2O2.C9H10BN2O3.C6H7BNO2.C4H9NO/c1-3-5-20-16(2)12-7-11(13-15-4-6-19-13)8-17(9-12)14-10-18;1-2-4-19-15-11-6-10(12-14-3-5-18-12)7-16(8-11)13-9-17;1-2-4-18-15-10-6-9(11-13-3-5-17-11)7-14(8-10)12(15)16;11-8-3-7(9-12-1-2-15-9)4-13(5-8)10-6-14;13-7-10-12-4-1-2-9(14,6-12)8-11-3-5-15-8;9-5-7-8-3-1-2-6(10)4-8;1-3-4-6-5-2/h3-4,6-7,10,12H,1,5,8-9H2,2H3;2-3,5-6,9,11,15H,1,4,7-8H2;2-3,5-6,10H,1,4,7-8H2;1-3,6,8H,4-5H2;1-3,5,7,14H,4,6H2;1-2,5H,3-4H2;3,5H,1,4H2,2H3. The van der Waals surface area contributed by atoms with Crippen LogP contribution in [0.2, 0.25) is 0 Å². The molecule has 5 radical (unpaired) electrons. The van der Waals surface area contributed by atoms with Crippen LogP contribution in [0.3, 0.4) is 0 Å². The number of carbonyl (C=O) groups is 7. The Labute approximate surface area is 608 Å². The molecule has 12 heterocycles. The van der Waals surface area contributed by atoms with Crippen molar-refractivity contribution in [3.8, 4) is 0 Å². The van der Waals surface area contributed by atoms with E-state index in [1.165, 1.54) is 79.5 Å². The molecule has 38 heteroatoms. The largest absolute Gasteiger partial charge is 0.446 e. The summed E-state index contributed by atoms with van der Waals surface area (Å²) in [6.07, 6.45) is 40.5. The van der Waals surface area contributed by atoms with E-state index in [1.54, 1.807) is 100 Å². The first-order chi connectivity index (χ1) is 50.1. The second-order valence-electron chi connectivity index (χ2n) is 22.2. The van der Waals surface area contributed by atoms with Crippen LogP contribution in [0.5, 0.6) is 0 Å². The smallest absolute Gasteiger partial charge is 0.344 e. The Morgan fingerprint density at radius 2 is 1.09 bits per heavy atom. The van der Waals surface area contributed by atoms with Crippen LogP contribution in [0.1, 0.15) is 29.5 Å². The average Bonchev–Trinajstić information content (AvgIpc) is 1.66. The zero-order valence-electron chi connectivity index (χ0n) is 57.1. The van der Waals surface area contributed by atoms with Crippen LogP contribution in [-0.4, -0.2) is 291 Å². The molecule has 32 nitrogen and oxygen atoms in total. The van der Waals surface area contributed by atoms with Gasteiger partial charge in [-0.25, -0.2) is 35.2 Å². The Bertz CT molecular complexity index is 3580. The zero-order valence-corrected chi connectivity index (χ0v) is 58.7. The zero-order chi connectivity index (χ0) is 74.0. The highest BCUT2D eigenvalue weighted by atomic mass is 79.9. The summed E-state index contributed by atoms with van der Waals surface area (Å²) in [5.41, 5.74) is 7.90. The van der Waals surface area contributed by atoms with E-state index in [1.807, 2.05) is 39.7 Å². The Balaban J connectivity index is 0.000000193. The molecule has 1 fully saturated rings. The molecule has 7 aliphatic heterocycles. The molecular formula is C65H80B5BrN15O17. The van der Waals surface area contributed by atoms with Crippen LogP contribution < -0.4 is 11.0 Å². The molecule has 5 aromatic rings. The molecule has 0 aromatic carbocycles. The molecule has 0 saturated carbocycles. The number of oxazole rings is 5. The highest BCUT2D eigenvalue weighted by molar-refractivity contribution is 9.09. The first-order valence-electron chi connectivity index (χ1n) is 32.0. The summed E-state index contributed by atoms with van der Waals surface area (Å²) < 4.78 is 26.1. The van der Waals surface area contributed by atoms with Gasteiger partial charge in [0.15, 0.2) is 11.4 Å². The predicted molar refractivity (Wildman–Crippen MR) is 389 cm³/mol. The second kappa shape index (κ2) is 46.6. The van der Waals surface area contributed by atoms with Crippen LogP contribution in [0.15, 0.2) is 184 Å². The number of hydrogen-bond donors (Lipinski definition) is 3. The molecule has 5 unspecified atom stereocenters. The van der Waals surface area contributed by atoms with Crippen LogP contribution in [0.4, 0.5) is 4.79 Å². The average molecular weight is 1480 g/mol. The van der Waals surface area contributed by atoms with Gasteiger partial charge in [-0.05, 0) is 18.2 Å². The third kappa shape index (κ3) is 28.3. The van der Waals surface area contributed by atoms with Crippen molar-refractivity contribution in [2.24, 2.45) is 0 Å². The number of rotatable bonds is 29. The van der Waals surface area contributed by atoms with E-state index < -0.39 is 5.60 Å². The van der Waals surface area contributed by atoms with Crippen molar-refractivity contribution in [1.29, 1.82) is 0 Å². The first kappa shape index (κ1) is 83.0. The van der Waals surface area contributed by atoms with Crippen LogP contribution in [0, 0.1) is 0 Å². The summed E-state index contributed by atoms with van der Waals surface area (Å²) in [6.45, 7) is 22.8. The minimum Gasteiger partial charge on any atom is -0.446 e. The Kier molecular flexibility index (Phi) is 37.5. The van der Waals surface area contributed by atoms with Crippen molar-refractivity contribution in [1.82, 2.24) is 75.0 Å². The molecule has 539 valence electrons. The van der Waals surface area contributed by atoms with Gasteiger partial charge in [-0.2, -0.15) is 15.6 Å². The van der Waals surface area contributed by atoms with E-state index >= 15 is 0 Å². The van der Waals surface area contributed by atoms with Gasteiger partial charge >= 0.3 is 6.03 Å². The number of ketones is 1. The Morgan fingerprint density at radius 1 is 0.592 bits per heavy atom. The van der Waals surface area contributed by atoms with Crippen molar-refractivity contribution in [3.05, 3.63) is 191 Å². The molecule has 103 heavy (non-hydrogen) atoms. The van der Waals surface area contributed by atoms with Crippen molar-refractivity contribution in [2.75, 3.05) is 119 Å². The number of aromatic nitrogens is 5. The number of fused-ring (bicyclic) bond motifs is 2. The summed E-state index contributed by atoms with van der Waals surface area (Å²) in [7, 11) is 10.9. The summed E-state index contributed by atoms with van der Waals surface area (Å²) in [4.78, 5) is 127. The number of hydrogen-bond acceptors (Lipinski definition) is 30. The summed E-state index contributed by atoms with van der Waals surface area (Å²) in [5, 5.41) is 13.3. The number of β-amino-alcohol motifs (C(OH)–C–C–N with tert-alkyl or cyclic N) is 1. The number of aliphatic hydroxyl groups is 1. The van der Waals surface area contributed by atoms with Crippen molar-refractivity contribution in [2.45, 2.75) is 28.6 Å². The molecular weight excluding hydrogens is 1400 g/mol. The fraction of sp³-hybridized carbons (Fsp3) is 0.354. The molecule has 0 aliphatic carbocycles. The third-order valence-corrected chi connectivity index (χ3v) is 15.2. The van der Waals surface area contributed by atoms with Gasteiger partial charge in [0.1, 0.15) is 31.3 Å². The molecule has 2 amide bonds. The minimum atomic E-state index is -1.25. The number of likely N-dealkylation sites (N-methyl/N-ethyl adjacent to an activating group) is 1. The number of urea groups is 1. The molecule has 7 aliphatic rings. The fourth-order valence-electron chi connectivity index (χ4n) is 10.3. The monoisotopic (exact) mass is 1480 g/mol. The van der Waals surface area contributed by atoms with E-state index in [2.05, 4.69) is 89.0 Å². The maximum absolute atomic E-state index is 12.0. The number of halogens is 1. The molecule has 3 N–H and O–H groups in total. The number of amides is 2. The van der Waals surface area contributed by atoms with Gasteiger partial charge in [0.25, 0.3) is 37.1 Å². The summed E-state index contributed by atoms with van der Waals surface area (Å²) in [5.74, 6) is 2.58. The van der Waals surface area contributed by atoms with Gasteiger partial charge in [0.2, 0.25) is 29.5 Å². The molecule has 12 rings (SSSR count). The number of nitrogens with zero attached hydrogens (tertiary/aromatic N) is 13. The fourth-order valence-corrected chi connectivity index (χ4v) is 11.0. The van der Waals surface area contributed by atoms with Crippen molar-refractivity contribution >= 4 is 118 Å². The quantitative estimate of drug-likeness (QED) is 0.0154. The van der Waals surface area contributed by atoms with Gasteiger partial charge in [-0.1, -0.05) is 70.6 Å². The van der Waals surface area contributed by atoms with Crippen LogP contribution >= 0.6 is 15.9 Å². The molecule has 0 spiro atoms. The molecule has 5 aromatic heterocycles. The number of nitrogens with one attached hydrogen (secondary N) is 2. The SMILES string of the molecule is C=CCON(C)C1C=C(c2ncco2)CN([B]C=O)C1.C=CCON1C(=O)N2CC(c3ncco3)=CC1C2.C=CCONC.C=CCONC1C=C(c2ncco2)CN([B]C=O)C1.O=C[B]N1CC(c2ncco2)=CC(Br)C1.O=C[B]N1CC=CC(=O)C1.O=C[B]N1CC=CC(O)(c2ncco2)C1. The summed E-state index contributed by atoms with van der Waals surface area (Å²) >= 11 is 3.50. The number of carbonyl (C=O) groups excluding carboxylic acids is 7. The number of hydroxylamine groups is 6. The topological polar surface area (TPSA) is 357 Å². The van der Waals surface area contributed by atoms with E-state index in [0.29, 0.717) is 128 Å². The van der Waals surface area contributed by atoms with Crippen molar-refractivity contribution in [3.63, 3.8) is 0 Å². The van der Waals surface area contributed by atoms with E-state index in [-0.39, 0.29) is 47.2 Å². The van der Waals surface area contributed by atoms with Gasteiger partial charge < -0.3 is 80.1 Å². The highest BCUT2D eigenvalue weighted by Crippen LogP contribution is 2.30. The lowest BCUT2D eigenvalue weighted by Gasteiger charge is -2.34. The van der Waals surface area contributed by atoms with E-state index in [9.17, 15) is 38.7 Å². The number of alkyl halides is 1.